The van der Waals surface area contributed by atoms with Crippen LogP contribution in [0.2, 0.25) is 0 Å². The molecule has 6 atom stereocenters. The highest BCUT2D eigenvalue weighted by atomic mass is 32.1. The van der Waals surface area contributed by atoms with E-state index in [2.05, 4.69) is 20.4 Å². The Bertz CT molecular complexity index is 1630. The Morgan fingerprint density at radius 2 is 1.73 bits per heavy atom. The molecule has 266 valence electrons. The summed E-state index contributed by atoms with van der Waals surface area (Å²) in [7, 11) is 0. The van der Waals surface area contributed by atoms with Crippen molar-refractivity contribution in [2.75, 3.05) is 24.5 Å². The molecule has 5 rings (SSSR count). The van der Waals surface area contributed by atoms with E-state index in [1.807, 2.05) is 92.1 Å². The molecule has 3 aromatic rings. The van der Waals surface area contributed by atoms with Crippen LogP contribution in [0.15, 0.2) is 40.4 Å². The molecule has 2 saturated heterocycles. The van der Waals surface area contributed by atoms with Crippen LogP contribution in [0.25, 0.3) is 10.4 Å². The van der Waals surface area contributed by atoms with Gasteiger partial charge in [-0.15, -0.1) is 11.3 Å². The summed E-state index contributed by atoms with van der Waals surface area (Å²) in [4.78, 5) is 51.4. The molecule has 12 nitrogen and oxygen atoms in total. The SMILES string of the molecule is Cc1ncsc1-c1ccc([C@H](C)NC(=O)[C@@H]2C[C@@H](O)CN2C(=O)[C@@H](c2cc(N3C[C@@H](C)N(C(=O)OC(C)(C)C)C[C@@H]3C)no2)C(C)C)cc1. The lowest BCUT2D eigenvalue weighted by atomic mass is 9.91. The number of anilines is 1. The summed E-state index contributed by atoms with van der Waals surface area (Å²) in [5.74, 6) is -0.506. The second-order valence-electron chi connectivity index (χ2n) is 14.8. The van der Waals surface area contributed by atoms with Crippen molar-refractivity contribution in [1.29, 1.82) is 0 Å². The molecule has 2 aliphatic heterocycles. The van der Waals surface area contributed by atoms with Crippen molar-refractivity contribution in [3.63, 3.8) is 0 Å². The van der Waals surface area contributed by atoms with Gasteiger partial charge in [-0.2, -0.15) is 0 Å². The summed E-state index contributed by atoms with van der Waals surface area (Å²) in [6, 6.07) is 8.46. The van der Waals surface area contributed by atoms with Crippen LogP contribution in [0.3, 0.4) is 0 Å². The minimum atomic E-state index is -0.825. The number of benzene rings is 1. The van der Waals surface area contributed by atoms with Crippen LogP contribution in [0.1, 0.15) is 90.8 Å². The van der Waals surface area contributed by atoms with Gasteiger partial charge in [-0.25, -0.2) is 9.78 Å². The molecule has 2 N–H and O–H groups in total. The predicted octanol–water partition coefficient (Wildman–Crippen LogP) is 5.52. The Morgan fingerprint density at radius 3 is 2.35 bits per heavy atom. The highest BCUT2D eigenvalue weighted by molar-refractivity contribution is 7.13. The zero-order chi connectivity index (χ0) is 35.8. The second-order valence-corrected chi connectivity index (χ2v) is 15.7. The molecule has 0 radical (unpaired) electrons. The fourth-order valence-corrected chi connectivity index (χ4v) is 7.51. The molecule has 2 fully saturated rings. The van der Waals surface area contributed by atoms with Crippen LogP contribution in [0.4, 0.5) is 10.6 Å². The quantitative estimate of drug-likeness (QED) is 0.312. The second kappa shape index (κ2) is 14.5. The van der Waals surface area contributed by atoms with Gasteiger partial charge in [-0.1, -0.05) is 43.3 Å². The highest BCUT2D eigenvalue weighted by Crippen LogP contribution is 2.34. The number of amides is 3. The number of rotatable bonds is 8. The van der Waals surface area contributed by atoms with E-state index < -0.39 is 23.7 Å². The Labute approximate surface area is 292 Å². The van der Waals surface area contributed by atoms with Gasteiger partial charge in [-0.05, 0) is 65.5 Å². The van der Waals surface area contributed by atoms with Gasteiger partial charge in [-0.3, -0.25) is 9.59 Å². The van der Waals surface area contributed by atoms with Crippen LogP contribution >= 0.6 is 11.3 Å². The Morgan fingerprint density at radius 1 is 1.04 bits per heavy atom. The summed E-state index contributed by atoms with van der Waals surface area (Å²) in [5.41, 5.74) is 4.22. The van der Waals surface area contributed by atoms with Crippen molar-refractivity contribution in [3.8, 4) is 10.4 Å². The lowest BCUT2D eigenvalue weighted by Crippen LogP contribution is -2.59. The molecule has 3 amide bonds. The van der Waals surface area contributed by atoms with Crippen molar-refractivity contribution in [2.45, 2.75) is 111 Å². The number of carbonyl (C=O) groups excluding carboxylic acids is 3. The average Bonchev–Trinajstić information content (AvgIpc) is 3.77. The van der Waals surface area contributed by atoms with Gasteiger partial charge in [0.15, 0.2) is 11.6 Å². The fourth-order valence-electron chi connectivity index (χ4n) is 6.70. The third-order valence-electron chi connectivity index (χ3n) is 9.31. The first kappa shape index (κ1) is 36.3. The molecule has 1 aromatic carbocycles. The molecular weight excluding hydrogens is 644 g/mol. The molecule has 2 aliphatic rings. The smallest absolute Gasteiger partial charge is 0.410 e. The number of hydrogen-bond acceptors (Lipinski definition) is 10. The van der Waals surface area contributed by atoms with E-state index in [1.54, 1.807) is 22.3 Å². The number of aryl methyl sites for hydroxylation is 1. The lowest BCUT2D eigenvalue weighted by Gasteiger charge is -2.44. The lowest BCUT2D eigenvalue weighted by molar-refractivity contribution is -0.141. The zero-order valence-electron chi connectivity index (χ0n) is 30.0. The standard InChI is InChI=1S/C36H50N6O6S/c1-20(2)31(29-15-30(39-48-29)40-16-22(4)41(17-21(40)3)35(46)47-36(7,8)9)34(45)42-18-27(43)14-28(42)33(44)38-23(5)25-10-12-26(13-11-25)32-24(6)37-19-49-32/h10-13,15,19-23,27-28,31,43H,14,16-18H2,1-9H3,(H,38,44)/t21-,22+,23-,27+,28-,31+/m0/s1. The summed E-state index contributed by atoms with van der Waals surface area (Å²) in [6.07, 6.45) is -1.02. The number of piperazine rings is 1. The Hall–Kier alpha value is -3.97. The Kier molecular flexibility index (Phi) is 10.7. The van der Waals surface area contributed by atoms with Crippen molar-refractivity contribution in [3.05, 3.63) is 52.9 Å². The minimum Gasteiger partial charge on any atom is -0.444 e. The maximum absolute atomic E-state index is 14.2. The third-order valence-corrected chi connectivity index (χ3v) is 10.3. The van der Waals surface area contributed by atoms with Crippen LogP contribution < -0.4 is 10.2 Å². The molecule has 49 heavy (non-hydrogen) atoms. The van der Waals surface area contributed by atoms with Crippen LogP contribution in [0, 0.1) is 12.8 Å². The minimum absolute atomic E-state index is 0.0551. The van der Waals surface area contributed by atoms with Crippen molar-refractivity contribution in [2.24, 2.45) is 5.92 Å². The Balaban J connectivity index is 1.27. The number of hydrogen-bond donors (Lipinski definition) is 2. The van der Waals surface area contributed by atoms with Gasteiger partial charge in [0, 0.05) is 44.2 Å². The molecule has 2 aromatic heterocycles. The summed E-state index contributed by atoms with van der Waals surface area (Å²) in [5, 5.41) is 18.1. The summed E-state index contributed by atoms with van der Waals surface area (Å²) < 4.78 is 11.4. The number of aliphatic hydroxyl groups is 1. The normalized spacial score (nSPS) is 22.7. The zero-order valence-corrected chi connectivity index (χ0v) is 30.8. The third kappa shape index (κ3) is 8.09. The number of thiazole rings is 1. The number of likely N-dealkylation sites (tertiary alicyclic amines) is 1. The predicted molar refractivity (Wildman–Crippen MR) is 188 cm³/mol. The molecule has 13 heteroatoms. The number of nitrogens with zero attached hydrogens (tertiary/aromatic N) is 5. The van der Waals surface area contributed by atoms with E-state index in [4.69, 9.17) is 9.26 Å². The van der Waals surface area contributed by atoms with Crippen LogP contribution in [-0.2, 0) is 14.3 Å². The number of nitrogens with one attached hydrogen (secondary N) is 1. The van der Waals surface area contributed by atoms with Gasteiger partial charge < -0.3 is 34.4 Å². The maximum Gasteiger partial charge on any atom is 0.410 e. The van der Waals surface area contributed by atoms with E-state index in [0.717, 1.165) is 21.7 Å². The van der Waals surface area contributed by atoms with E-state index in [9.17, 15) is 19.5 Å². The van der Waals surface area contributed by atoms with E-state index in [1.165, 1.54) is 4.90 Å². The van der Waals surface area contributed by atoms with Gasteiger partial charge >= 0.3 is 6.09 Å². The average molecular weight is 695 g/mol. The number of carbonyl (C=O) groups is 3. The summed E-state index contributed by atoms with van der Waals surface area (Å²) >= 11 is 1.59. The van der Waals surface area contributed by atoms with Gasteiger partial charge in [0.05, 0.1) is 28.2 Å². The molecule has 0 spiro atoms. The number of β-amino-alcohol motifs (C(OH)–C–C–N with tert-alkyl or cyclic N) is 1. The largest absolute Gasteiger partial charge is 0.444 e. The van der Waals surface area contributed by atoms with Crippen molar-refractivity contribution in [1.82, 2.24) is 25.3 Å². The van der Waals surface area contributed by atoms with Crippen molar-refractivity contribution < 1.29 is 28.8 Å². The molecule has 4 heterocycles. The van der Waals surface area contributed by atoms with Crippen molar-refractivity contribution >= 4 is 35.1 Å². The number of ether oxygens (including phenoxy) is 1. The van der Waals surface area contributed by atoms with E-state index in [-0.39, 0.29) is 54.9 Å². The first-order valence-corrected chi connectivity index (χ1v) is 17.9. The van der Waals surface area contributed by atoms with Crippen LogP contribution in [-0.4, -0.2) is 92.4 Å². The highest BCUT2D eigenvalue weighted by Gasteiger charge is 2.44. The number of aliphatic hydroxyl groups excluding tert-OH is 1. The number of aromatic nitrogens is 2. The van der Waals surface area contributed by atoms with E-state index in [0.29, 0.717) is 24.7 Å². The molecular formula is C36H50N6O6S. The first-order valence-electron chi connectivity index (χ1n) is 17.1. The fraction of sp³-hybridized carbons (Fsp3) is 0.583. The van der Waals surface area contributed by atoms with Gasteiger partial charge in [0.25, 0.3) is 0 Å². The van der Waals surface area contributed by atoms with Gasteiger partial charge in [0.2, 0.25) is 11.8 Å². The first-order chi connectivity index (χ1) is 23.0. The maximum atomic E-state index is 14.2. The monoisotopic (exact) mass is 694 g/mol. The van der Waals surface area contributed by atoms with E-state index >= 15 is 0 Å². The molecule has 0 unspecified atom stereocenters. The topological polar surface area (TPSA) is 141 Å². The molecule has 0 aliphatic carbocycles. The van der Waals surface area contributed by atoms with Gasteiger partial charge in [0.1, 0.15) is 17.6 Å². The molecule has 0 saturated carbocycles. The van der Waals surface area contributed by atoms with Crippen LogP contribution in [0.5, 0.6) is 0 Å². The molecule has 0 bridgehead atoms. The summed E-state index contributed by atoms with van der Waals surface area (Å²) in [6.45, 7) is 18.3.